The molecule has 95 heavy (non-hydrogen) atoms. The van der Waals surface area contributed by atoms with Gasteiger partial charge in [0.05, 0.1) is 50.6 Å². The summed E-state index contributed by atoms with van der Waals surface area (Å²) in [6.45, 7) is 21.8. The van der Waals surface area contributed by atoms with Crippen LogP contribution in [0.15, 0.2) is 44.5 Å². The Morgan fingerprint density at radius 1 is 0.547 bits per heavy atom. The van der Waals surface area contributed by atoms with Crippen LogP contribution in [-0.2, 0) is 32.6 Å². The summed E-state index contributed by atoms with van der Waals surface area (Å²) in [5.74, 6) is 5.68. The lowest BCUT2D eigenvalue weighted by molar-refractivity contribution is -0.122. The number of aromatic nitrogens is 16. The number of anilines is 4. The molecule has 0 saturated carbocycles. The lowest BCUT2D eigenvalue weighted by Crippen LogP contribution is -2.55. The van der Waals surface area contributed by atoms with Gasteiger partial charge >= 0.3 is 0 Å². The zero-order chi connectivity index (χ0) is 69.3. The molecule has 4 aliphatic rings. The minimum absolute atomic E-state index is 0.00581. The first-order valence-corrected chi connectivity index (χ1v) is 35.7. The zero-order valence-electron chi connectivity index (χ0n) is 53.2. The number of aldehydes is 1. The SMILES string of the molecule is CC(C)(C)[Si](C)(C)OC[C@H]1O[C@@H](n2cnc3c(=O)[nH]c(N)nc32)[C@H](O[Si](C)(C)C(C)(C)C)[C@@H]1NN.Nc1nc2c(ncn2[C@@H]2O[C@H](C=O)[C@@H](O)[C@H]2O)c(=O)[nH]1.Nc1nc2c(ncn2[C@@H]2O[C@H](CNN[C@H]3[C@@H](O)[C@H](n4cnc5c(=O)[nH]c(N)nc54)O[C@@H]3CO)[C@@H](O)[C@H]2O)c(=O)[nH]1. The predicted octanol–water partition coefficient (Wildman–Crippen LogP) is -4.89. The maximum absolute atomic E-state index is 12.4. The predicted molar refractivity (Wildman–Crippen MR) is 340 cm³/mol. The van der Waals surface area contributed by atoms with Crippen LogP contribution in [0.4, 0.5) is 23.8 Å². The van der Waals surface area contributed by atoms with Crippen molar-refractivity contribution in [2.45, 2.75) is 176 Å². The normalized spacial score (nSPS) is 28.2. The molecule has 0 bridgehead atoms. The number of ether oxygens (including phenoxy) is 4. The molecule has 0 spiro atoms. The molecule has 8 aromatic rings. The maximum atomic E-state index is 12.4. The quantitative estimate of drug-likeness (QED) is 0.0187. The molecular weight excluding hydrogens is 1290 g/mol. The molecule has 518 valence electrons. The number of aliphatic hydroxyl groups excluding tert-OH is 6. The number of hydrogen-bond donors (Lipinski definition) is 18. The summed E-state index contributed by atoms with van der Waals surface area (Å²) in [5.41, 5.74) is 29.9. The first-order chi connectivity index (χ1) is 44.6. The van der Waals surface area contributed by atoms with Crippen LogP contribution < -0.4 is 67.3 Å². The van der Waals surface area contributed by atoms with E-state index in [1.54, 1.807) is 10.9 Å². The Hall–Kier alpha value is -7.94. The number of H-pyrrole nitrogens is 4. The van der Waals surface area contributed by atoms with E-state index in [9.17, 15) is 54.6 Å². The molecule has 23 N–H and O–H groups in total. The van der Waals surface area contributed by atoms with Gasteiger partial charge in [-0.25, -0.2) is 25.4 Å². The standard InChI is InChI=1S/C22H43N7O4Si2.C20H26N12O8.C10H11N5O5/c1-21(2,3)34(7,8)31-11-13-14(28-24)16(33-35(9,10)22(4,5)6)19(32-13)29-12-25-15-17(29)26-20(23)27-18(15)30;21-19-26-13-8(15(37)28-19)23-3-31(13)17-11(35)7(6(2-33)40-17)30-25-1-5-10(34)12(36)18(39-5)32-4-24-9-14(32)27-20(22)29-16(9)38;11-10-13-7-4(8(19)14-10)12-2-15(7)9-6(18)5(17)3(1-16)20-9/h12-14,16,19,28H,11,24H2,1-10H3,(H3,23,26,27,30);3-7,10-12,17-18,25,30,33-36H,1-2H2,(H3,21,26,28,37)(H3,22,27,29,38);1-3,5-6,9,17-18H,(H3,11,13,14,19)/t13-,14-,16-,19-;5-,6-,7-,10-,11-,12-,17-,18-;3-,5-,6-,9-/m111/s1. The van der Waals surface area contributed by atoms with Crippen LogP contribution in [0.5, 0.6) is 0 Å². The summed E-state index contributed by atoms with van der Waals surface area (Å²) < 4.78 is 42.4. The fraction of sp³-hybridized carbons (Fsp3) is 0.596. The van der Waals surface area contributed by atoms with E-state index in [4.69, 9.17) is 56.6 Å². The Balaban J connectivity index is 0.000000163. The highest BCUT2D eigenvalue weighted by Crippen LogP contribution is 2.44. The van der Waals surface area contributed by atoms with Crippen molar-refractivity contribution in [1.82, 2.24) is 94.4 Å². The second-order valence-corrected chi connectivity index (χ2v) is 35.8. The van der Waals surface area contributed by atoms with Crippen LogP contribution in [0.3, 0.4) is 0 Å². The summed E-state index contributed by atoms with van der Waals surface area (Å²) in [7, 11) is -4.28. The minimum Gasteiger partial charge on any atom is -0.414 e. The van der Waals surface area contributed by atoms with Crippen molar-refractivity contribution in [2.24, 2.45) is 5.84 Å². The number of rotatable bonds is 16. The molecule has 0 amide bonds. The van der Waals surface area contributed by atoms with Gasteiger partial charge < -0.3 is 86.2 Å². The Labute approximate surface area is 538 Å². The van der Waals surface area contributed by atoms with Crippen molar-refractivity contribution in [3.05, 3.63) is 66.7 Å². The Morgan fingerprint density at radius 3 is 1.32 bits per heavy atom. The second-order valence-electron chi connectivity index (χ2n) is 26.2. The third-order valence-electron chi connectivity index (χ3n) is 18.0. The first-order valence-electron chi connectivity index (χ1n) is 29.8. The molecular formula is C52H80N24O17Si2. The number of aromatic amines is 4. The van der Waals surface area contributed by atoms with Gasteiger partial charge in [0.1, 0.15) is 61.0 Å². The van der Waals surface area contributed by atoms with Crippen LogP contribution in [0.1, 0.15) is 66.5 Å². The van der Waals surface area contributed by atoms with Crippen LogP contribution >= 0.6 is 0 Å². The van der Waals surface area contributed by atoms with Crippen LogP contribution in [0.25, 0.3) is 44.7 Å². The maximum Gasteiger partial charge on any atom is 0.280 e. The molecule has 4 saturated heterocycles. The summed E-state index contributed by atoms with van der Waals surface area (Å²) >= 11 is 0. The van der Waals surface area contributed by atoms with Gasteiger partial charge in [-0.15, -0.1) is 0 Å². The number of imidazole rings is 4. The highest BCUT2D eigenvalue weighted by Gasteiger charge is 2.53. The average molecular weight is 1370 g/mol. The van der Waals surface area contributed by atoms with Crippen molar-refractivity contribution in [3.8, 4) is 0 Å². The molecule has 4 aliphatic heterocycles. The highest BCUT2D eigenvalue weighted by atomic mass is 28.4. The summed E-state index contributed by atoms with van der Waals surface area (Å²) in [4.78, 5) is 101. The van der Waals surface area contributed by atoms with Gasteiger partial charge in [-0.2, -0.15) is 19.9 Å². The number of nitrogens with two attached hydrogens (primary N) is 5. The van der Waals surface area contributed by atoms with Crippen molar-refractivity contribution in [3.63, 3.8) is 0 Å². The topological polar surface area (TPSA) is 614 Å². The van der Waals surface area contributed by atoms with E-state index in [0.717, 1.165) is 0 Å². The van der Waals surface area contributed by atoms with Crippen LogP contribution in [-0.4, -0.2) is 225 Å². The van der Waals surface area contributed by atoms with Crippen molar-refractivity contribution >= 4 is 91.4 Å². The number of fused-ring (bicyclic) bond motifs is 4. The van der Waals surface area contributed by atoms with E-state index < -0.39 is 131 Å². The van der Waals surface area contributed by atoms with E-state index in [1.165, 1.54) is 32.7 Å². The summed E-state index contributed by atoms with van der Waals surface area (Å²) in [6.07, 6.45) is -8.85. The molecule has 0 aromatic carbocycles. The van der Waals surface area contributed by atoms with Gasteiger partial charge in [0.15, 0.2) is 92.5 Å². The average Bonchev–Trinajstić information content (AvgIpc) is 1.70. The fourth-order valence-electron chi connectivity index (χ4n) is 10.7. The summed E-state index contributed by atoms with van der Waals surface area (Å²) in [5, 5.41) is 61.7. The number of carbonyl (C=O) groups is 1. The lowest BCUT2D eigenvalue weighted by Gasteiger charge is -2.41. The Bertz CT molecular complexity index is 4330. The van der Waals surface area contributed by atoms with Crippen molar-refractivity contribution in [1.29, 1.82) is 0 Å². The number of aliphatic hydroxyl groups is 6. The van der Waals surface area contributed by atoms with Gasteiger partial charge in [-0.1, -0.05) is 41.5 Å². The molecule has 12 rings (SSSR count). The number of hydrogen-bond acceptors (Lipinski definition) is 33. The summed E-state index contributed by atoms with van der Waals surface area (Å²) in [6, 6.07) is -1.22. The largest absolute Gasteiger partial charge is 0.414 e. The third-order valence-corrected chi connectivity index (χ3v) is 26.9. The molecule has 8 aromatic heterocycles. The Morgan fingerprint density at radius 2 is 0.926 bits per heavy atom. The van der Waals surface area contributed by atoms with Gasteiger partial charge in [0, 0.05) is 6.54 Å². The number of hydrazine groups is 2. The van der Waals surface area contributed by atoms with Crippen molar-refractivity contribution in [2.75, 3.05) is 42.7 Å². The first kappa shape index (κ1) is 69.9. The third kappa shape index (κ3) is 13.4. The molecule has 43 heteroatoms. The van der Waals surface area contributed by atoms with Gasteiger partial charge in [-0.3, -0.25) is 74.1 Å². The molecule has 41 nitrogen and oxygen atoms in total. The zero-order valence-corrected chi connectivity index (χ0v) is 55.2. The van der Waals surface area contributed by atoms with Crippen LogP contribution in [0, 0.1) is 0 Å². The molecule has 4 fully saturated rings. The van der Waals surface area contributed by atoms with E-state index >= 15 is 0 Å². The number of nitrogens with zero attached hydrogens (tertiary/aromatic N) is 12. The van der Waals surface area contributed by atoms with E-state index in [2.05, 4.69) is 144 Å². The second kappa shape index (κ2) is 26.6. The molecule has 12 heterocycles. The fourth-order valence-corrected chi connectivity index (χ4v) is 13.0. The highest BCUT2D eigenvalue weighted by molar-refractivity contribution is 6.74. The number of carbonyl (C=O) groups excluding carboxylic acids is 1. The van der Waals surface area contributed by atoms with E-state index in [1.807, 2.05) is 0 Å². The number of nitrogens with one attached hydrogen (secondary N) is 7. The smallest absolute Gasteiger partial charge is 0.280 e. The Kier molecular flexibility index (Phi) is 19.6. The molecule has 0 radical (unpaired) electrons. The van der Waals surface area contributed by atoms with Gasteiger partial charge in [-0.05, 0) is 36.3 Å². The van der Waals surface area contributed by atoms with Crippen LogP contribution in [0.2, 0.25) is 36.3 Å². The van der Waals surface area contributed by atoms with E-state index in [0.29, 0.717) is 18.5 Å². The molecule has 0 unspecified atom stereocenters. The number of nitrogen functional groups attached to an aromatic ring is 4. The molecule has 0 aliphatic carbocycles. The lowest BCUT2D eigenvalue weighted by atomic mass is 10.1. The minimum atomic E-state index is -2.25. The molecule has 16 atom stereocenters. The monoisotopic (exact) mass is 1370 g/mol. The van der Waals surface area contributed by atoms with Gasteiger partial charge in [0.25, 0.3) is 22.2 Å². The van der Waals surface area contributed by atoms with Gasteiger partial charge in [0.2, 0.25) is 23.8 Å². The van der Waals surface area contributed by atoms with E-state index in [-0.39, 0.29) is 91.6 Å². The van der Waals surface area contributed by atoms with Crippen molar-refractivity contribution < 1.29 is 63.2 Å².